The molecule has 2 aliphatic rings. The molecule has 1 aromatic rings. The minimum Gasteiger partial charge on any atom is -0.462 e. The molecule has 26 heavy (non-hydrogen) atoms. The molecule has 138 valence electrons. The van der Waals surface area contributed by atoms with E-state index < -0.39 is 21.9 Å². The van der Waals surface area contributed by atoms with Crippen molar-refractivity contribution in [3.8, 4) is 0 Å². The number of nitrogens with zero attached hydrogens (tertiary/aromatic N) is 2. The number of sulfonamides is 1. The number of thiophene rings is 1. The summed E-state index contributed by atoms with van der Waals surface area (Å²) in [5.74, 6) is -0.922. The molecule has 1 aromatic heterocycles. The van der Waals surface area contributed by atoms with Gasteiger partial charge in [0.05, 0.1) is 22.9 Å². The zero-order chi connectivity index (χ0) is 18.9. The number of ether oxygens (including phenoxy) is 1. The van der Waals surface area contributed by atoms with E-state index in [1.807, 2.05) is 0 Å². The molecule has 0 bridgehead atoms. The number of carbonyl (C=O) groups excluding carboxylic acids is 2. The molecule has 0 aliphatic carbocycles. The third-order valence-corrected chi connectivity index (χ3v) is 6.00. The number of rotatable bonds is 4. The van der Waals surface area contributed by atoms with Gasteiger partial charge in [-0.15, -0.1) is 15.7 Å². The second-order valence-corrected chi connectivity index (χ2v) is 8.42. The Kier molecular flexibility index (Phi) is 4.97. The molecular formula is C16H17N3O5S2. The van der Waals surface area contributed by atoms with Gasteiger partial charge in [-0.1, -0.05) is 0 Å². The zero-order valence-corrected chi connectivity index (χ0v) is 15.8. The first-order valence-corrected chi connectivity index (χ1v) is 10.3. The van der Waals surface area contributed by atoms with E-state index in [2.05, 4.69) is 9.71 Å². The van der Waals surface area contributed by atoms with Crippen LogP contribution in [0.3, 0.4) is 0 Å². The smallest absolute Gasteiger partial charge is 0.348 e. The minimum atomic E-state index is -3.58. The number of hydrogen-bond donors (Lipinski definition) is 1. The number of carbonyl (C=O) groups is 2. The summed E-state index contributed by atoms with van der Waals surface area (Å²) in [6.07, 6.45) is 4.85. The molecule has 0 aromatic carbocycles. The van der Waals surface area contributed by atoms with Crippen LogP contribution in [0.2, 0.25) is 0 Å². The van der Waals surface area contributed by atoms with Gasteiger partial charge in [0.1, 0.15) is 4.88 Å². The Morgan fingerprint density at radius 1 is 1.42 bits per heavy atom. The van der Waals surface area contributed by atoms with Crippen molar-refractivity contribution in [2.24, 2.45) is 4.40 Å². The molecule has 8 nitrogen and oxygen atoms in total. The van der Waals surface area contributed by atoms with Gasteiger partial charge in [-0.25, -0.2) is 13.2 Å². The van der Waals surface area contributed by atoms with Gasteiger partial charge >= 0.3 is 5.97 Å². The average molecular weight is 395 g/mol. The van der Waals surface area contributed by atoms with Crippen LogP contribution in [0.15, 0.2) is 34.4 Å². The van der Waals surface area contributed by atoms with Crippen molar-refractivity contribution in [1.82, 2.24) is 4.90 Å². The molecule has 0 saturated carbocycles. The van der Waals surface area contributed by atoms with E-state index in [-0.39, 0.29) is 30.3 Å². The summed E-state index contributed by atoms with van der Waals surface area (Å²) in [5, 5.41) is 3.17. The van der Waals surface area contributed by atoms with Crippen LogP contribution < -0.4 is 5.32 Å². The van der Waals surface area contributed by atoms with Crippen LogP contribution in [0.1, 0.15) is 22.2 Å². The number of nitrogens with one attached hydrogen (secondary N) is 1. The number of amidine groups is 1. The molecule has 1 amide bonds. The maximum atomic E-state index is 12.6. The molecular weight excluding hydrogens is 378 g/mol. The van der Waals surface area contributed by atoms with Crippen LogP contribution in [0, 0.1) is 6.92 Å². The van der Waals surface area contributed by atoms with Crippen LogP contribution in [-0.2, 0) is 19.6 Å². The predicted molar refractivity (Wildman–Crippen MR) is 98.8 cm³/mol. The van der Waals surface area contributed by atoms with E-state index in [1.54, 1.807) is 37.1 Å². The van der Waals surface area contributed by atoms with Crippen molar-refractivity contribution in [3.05, 3.63) is 40.4 Å². The first kappa shape index (κ1) is 18.3. The minimum absolute atomic E-state index is 0.0945. The second-order valence-electron chi connectivity index (χ2n) is 5.61. The molecule has 3 heterocycles. The van der Waals surface area contributed by atoms with Gasteiger partial charge in [0.15, 0.2) is 5.84 Å². The number of allylic oxidation sites excluding steroid dienone is 2. The molecule has 0 radical (unpaired) electrons. The van der Waals surface area contributed by atoms with E-state index in [0.717, 1.165) is 11.3 Å². The van der Waals surface area contributed by atoms with Crippen LogP contribution in [0.4, 0.5) is 5.00 Å². The van der Waals surface area contributed by atoms with Crippen LogP contribution in [0.5, 0.6) is 0 Å². The molecule has 10 heteroatoms. The number of esters is 1. The maximum absolute atomic E-state index is 12.6. The Morgan fingerprint density at radius 2 is 2.19 bits per heavy atom. The Balaban J connectivity index is 1.83. The molecule has 0 atom stereocenters. The number of fused-ring (bicyclic) bond motifs is 1. The van der Waals surface area contributed by atoms with Crippen LogP contribution >= 0.6 is 11.3 Å². The summed E-state index contributed by atoms with van der Waals surface area (Å²) in [7, 11) is -3.58. The zero-order valence-electron chi connectivity index (χ0n) is 14.2. The lowest BCUT2D eigenvalue weighted by Crippen LogP contribution is -2.40. The topological polar surface area (TPSA) is 105 Å². The van der Waals surface area contributed by atoms with E-state index in [0.29, 0.717) is 15.4 Å². The van der Waals surface area contributed by atoms with Crippen molar-refractivity contribution in [3.63, 3.8) is 0 Å². The summed E-state index contributed by atoms with van der Waals surface area (Å²) in [6, 6.07) is 1.67. The van der Waals surface area contributed by atoms with Gasteiger partial charge in [0, 0.05) is 12.7 Å². The second kappa shape index (κ2) is 7.04. The Hall–Kier alpha value is -2.46. The lowest BCUT2D eigenvalue weighted by Gasteiger charge is -2.28. The van der Waals surface area contributed by atoms with Crippen molar-refractivity contribution < 1.29 is 22.7 Å². The first-order chi connectivity index (χ1) is 12.3. The molecule has 2 aliphatic heterocycles. The van der Waals surface area contributed by atoms with E-state index in [9.17, 15) is 18.0 Å². The molecule has 0 spiro atoms. The first-order valence-electron chi connectivity index (χ1n) is 7.88. The Morgan fingerprint density at radius 3 is 2.92 bits per heavy atom. The average Bonchev–Trinajstić information content (AvgIpc) is 2.94. The Bertz CT molecular complexity index is 957. The third-order valence-electron chi connectivity index (χ3n) is 3.72. The van der Waals surface area contributed by atoms with Crippen molar-refractivity contribution in [1.29, 1.82) is 0 Å². The fraction of sp³-hybridized carbons (Fsp3) is 0.312. The van der Waals surface area contributed by atoms with E-state index in [4.69, 9.17) is 4.74 Å². The number of aryl methyl sites for hydroxylation is 1. The van der Waals surface area contributed by atoms with E-state index in [1.165, 1.54) is 6.08 Å². The third kappa shape index (κ3) is 3.70. The van der Waals surface area contributed by atoms with Crippen molar-refractivity contribution in [2.75, 3.05) is 24.2 Å². The maximum Gasteiger partial charge on any atom is 0.348 e. The van der Waals surface area contributed by atoms with Gasteiger partial charge in [0.2, 0.25) is 0 Å². The molecule has 0 saturated heterocycles. The summed E-state index contributed by atoms with van der Waals surface area (Å²) >= 11 is 1.11. The Labute approximate surface area is 154 Å². The quantitative estimate of drug-likeness (QED) is 0.778. The largest absolute Gasteiger partial charge is 0.462 e. The molecule has 1 N–H and O–H groups in total. The van der Waals surface area contributed by atoms with E-state index >= 15 is 0 Å². The summed E-state index contributed by atoms with van der Waals surface area (Å²) in [4.78, 5) is 26.6. The predicted octanol–water partition coefficient (Wildman–Crippen LogP) is 1.67. The summed E-state index contributed by atoms with van der Waals surface area (Å²) in [6.45, 7) is 3.98. The number of amides is 1. The lowest BCUT2D eigenvalue weighted by atomic mass is 10.1. The summed E-state index contributed by atoms with van der Waals surface area (Å²) < 4.78 is 32.2. The van der Waals surface area contributed by atoms with Crippen LogP contribution in [0.25, 0.3) is 0 Å². The fourth-order valence-electron chi connectivity index (χ4n) is 2.52. The molecule has 0 fully saturated rings. The fourth-order valence-corrected chi connectivity index (χ4v) is 4.46. The normalized spacial score (nSPS) is 17.8. The standard InChI is InChI=1S/C16H17N3O5S2/c1-3-24-16(21)13-10(2)9-12(25-13)17-15(20)11-5-4-6-19-7-8-26(22,23)18-14(11)19/h4-6,9H,3,7-8H2,1-2H3,(H,17,20). The van der Waals surface area contributed by atoms with Gasteiger partial charge in [-0.3, -0.25) is 4.79 Å². The lowest BCUT2D eigenvalue weighted by molar-refractivity contribution is -0.112. The molecule has 0 unspecified atom stereocenters. The summed E-state index contributed by atoms with van der Waals surface area (Å²) in [5.41, 5.74) is 0.847. The van der Waals surface area contributed by atoms with Gasteiger partial charge in [-0.2, -0.15) is 0 Å². The SMILES string of the molecule is CCOC(=O)c1sc(NC(=O)C2=CC=CN3CCS(=O)(=O)N=C23)cc1C. The highest BCUT2D eigenvalue weighted by atomic mass is 32.2. The highest BCUT2D eigenvalue weighted by molar-refractivity contribution is 7.90. The number of hydrogen-bond acceptors (Lipinski definition) is 7. The number of anilines is 1. The highest BCUT2D eigenvalue weighted by Gasteiger charge is 2.30. The monoisotopic (exact) mass is 395 g/mol. The van der Waals surface area contributed by atoms with Crippen molar-refractivity contribution in [2.45, 2.75) is 13.8 Å². The van der Waals surface area contributed by atoms with Gasteiger partial charge in [-0.05, 0) is 37.6 Å². The highest BCUT2D eigenvalue weighted by Crippen LogP contribution is 2.28. The van der Waals surface area contributed by atoms with Gasteiger partial charge in [0.25, 0.3) is 15.9 Å². The van der Waals surface area contributed by atoms with Crippen LogP contribution in [-0.4, -0.2) is 49.9 Å². The molecule has 3 rings (SSSR count). The van der Waals surface area contributed by atoms with Crippen molar-refractivity contribution >= 4 is 44.1 Å². The van der Waals surface area contributed by atoms with Gasteiger partial charge < -0.3 is 15.0 Å².